The van der Waals surface area contributed by atoms with Crippen LogP contribution in [-0.4, -0.2) is 22.5 Å². The van der Waals surface area contributed by atoms with Gasteiger partial charge in [0.1, 0.15) is 0 Å². The van der Waals surface area contributed by atoms with Crippen molar-refractivity contribution in [3.8, 4) is 0 Å². The van der Waals surface area contributed by atoms with Crippen LogP contribution in [0.15, 0.2) is 23.0 Å². The summed E-state index contributed by atoms with van der Waals surface area (Å²) < 4.78 is 5.96. The molecule has 0 aliphatic rings. The molecule has 0 amide bonds. The number of nitrogens with one attached hydrogen (secondary N) is 1. The molecule has 1 aromatic carbocycles. The molecule has 0 radical (unpaired) electrons. The lowest BCUT2D eigenvalue weighted by Crippen LogP contribution is -2.17. The fourth-order valence-electron chi connectivity index (χ4n) is 1.58. The number of nitrogens with zero attached hydrogens (tertiary/aromatic N) is 1. The Morgan fingerprint density at radius 3 is 2.94 bits per heavy atom. The number of fused-ring (bicyclic) bond motifs is 1. The van der Waals surface area contributed by atoms with Gasteiger partial charge in [0.25, 0.3) is 5.56 Å². The maximum absolute atomic E-state index is 11.6. The van der Waals surface area contributed by atoms with E-state index in [9.17, 15) is 9.59 Å². The molecule has 0 spiro atoms. The van der Waals surface area contributed by atoms with E-state index in [1.165, 1.54) is 0 Å². The largest absolute Gasteiger partial charge is 0.448 e. The van der Waals surface area contributed by atoms with Crippen molar-refractivity contribution in [2.75, 3.05) is 6.61 Å². The number of benzene rings is 1. The highest BCUT2D eigenvalue weighted by Gasteiger charge is 2.12. The summed E-state index contributed by atoms with van der Waals surface area (Å²) in [4.78, 5) is 23.1. The zero-order valence-electron chi connectivity index (χ0n) is 9.11. The molecule has 16 heavy (non-hydrogen) atoms. The Labute approximate surface area is 91.6 Å². The van der Waals surface area contributed by atoms with E-state index < -0.39 is 6.09 Å². The van der Waals surface area contributed by atoms with Gasteiger partial charge in [-0.3, -0.25) is 9.89 Å². The van der Waals surface area contributed by atoms with Crippen LogP contribution in [0.1, 0.15) is 12.5 Å². The van der Waals surface area contributed by atoms with E-state index in [0.29, 0.717) is 10.9 Å². The van der Waals surface area contributed by atoms with Crippen molar-refractivity contribution >= 4 is 17.0 Å². The topological polar surface area (TPSA) is 64.1 Å². The van der Waals surface area contributed by atoms with Gasteiger partial charge < -0.3 is 4.74 Å². The summed E-state index contributed by atoms with van der Waals surface area (Å²) in [5.74, 6) is 0. The zero-order chi connectivity index (χ0) is 11.7. The smallest absolute Gasteiger partial charge is 0.433 e. The van der Waals surface area contributed by atoms with Crippen molar-refractivity contribution in [1.29, 1.82) is 0 Å². The fourth-order valence-corrected chi connectivity index (χ4v) is 1.58. The summed E-state index contributed by atoms with van der Waals surface area (Å²) >= 11 is 0. The van der Waals surface area contributed by atoms with Crippen LogP contribution in [0.5, 0.6) is 0 Å². The standard InChI is InChI=1S/C11H12N2O3/c1-3-16-11(15)13-9-5-4-7(2)6-8(9)10(14)12-13/h4-6H,3H2,1-2H3,(H,12,14). The number of ether oxygens (including phenoxy) is 1. The normalized spacial score (nSPS) is 10.6. The van der Waals surface area contributed by atoms with Gasteiger partial charge in [0.05, 0.1) is 17.5 Å². The number of aromatic nitrogens is 2. The first-order valence-electron chi connectivity index (χ1n) is 5.02. The average Bonchev–Trinajstić information content (AvgIpc) is 2.56. The molecule has 1 N–H and O–H groups in total. The molecule has 0 saturated heterocycles. The van der Waals surface area contributed by atoms with Gasteiger partial charge >= 0.3 is 6.09 Å². The SMILES string of the molecule is CCOC(=O)n1[nH]c(=O)c2cc(C)ccc21. The van der Waals surface area contributed by atoms with Crippen LogP contribution in [0.4, 0.5) is 4.79 Å². The van der Waals surface area contributed by atoms with E-state index in [-0.39, 0.29) is 12.2 Å². The van der Waals surface area contributed by atoms with E-state index in [0.717, 1.165) is 10.2 Å². The molecule has 84 valence electrons. The molecule has 0 fully saturated rings. The molecule has 5 nitrogen and oxygen atoms in total. The summed E-state index contributed by atoms with van der Waals surface area (Å²) in [6.07, 6.45) is -0.571. The fraction of sp³-hybridized carbons (Fsp3) is 0.273. The molecular formula is C11H12N2O3. The van der Waals surface area contributed by atoms with Gasteiger partial charge in [-0.15, -0.1) is 0 Å². The third-order valence-electron chi connectivity index (χ3n) is 2.30. The second kappa shape index (κ2) is 3.84. The first kappa shape index (κ1) is 10.5. The first-order valence-corrected chi connectivity index (χ1v) is 5.02. The Kier molecular flexibility index (Phi) is 2.52. The summed E-state index contributed by atoms with van der Waals surface area (Å²) in [7, 11) is 0. The molecule has 0 saturated carbocycles. The number of aromatic amines is 1. The summed E-state index contributed by atoms with van der Waals surface area (Å²) in [5.41, 5.74) is 1.22. The third-order valence-corrected chi connectivity index (χ3v) is 2.30. The van der Waals surface area contributed by atoms with Gasteiger partial charge in [-0.25, -0.2) is 4.79 Å². The molecular weight excluding hydrogens is 208 g/mol. The first-order chi connectivity index (χ1) is 7.63. The lowest BCUT2D eigenvalue weighted by atomic mass is 10.2. The third kappa shape index (κ3) is 1.60. The van der Waals surface area contributed by atoms with Crippen molar-refractivity contribution in [2.24, 2.45) is 0 Å². The van der Waals surface area contributed by atoms with E-state index in [4.69, 9.17) is 4.74 Å². The van der Waals surface area contributed by atoms with Crippen LogP contribution in [-0.2, 0) is 4.74 Å². The van der Waals surface area contributed by atoms with Crippen LogP contribution >= 0.6 is 0 Å². The summed E-state index contributed by atoms with van der Waals surface area (Å²) in [5, 5.41) is 2.94. The number of hydrogen-bond donors (Lipinski definition) is 1. The van der Waals surface area contributed by atoms with Gasteiger partial charge in [0.2, 0.25) is 0 Å². The Morgan fingerprint density at radius 2 is 2.25 bits per heavy atom. The van der Waals surface area contributed by atoms with E-state index >= 15 is 0 Å². The van der Waals surface area contributed by atoms with Gasteiger partial charge in [-0.1, -0.05) is 11.6 Å². The zero-order valence-corrected chi connectivity index (χ0v) is 9.11. The molecule has 0 unspecified atom stereocenters. The number of carbonyl (C=O) groups is 1. The van der Waals surface area contributed by atoms with E-state index in [2.05, 4.69) is 5.10 Å². The quantitative estimate of drug-likeness (QED) is 0.794. The Hall–Kier alpha value is -2.04. The molecule has 1 heterocycles. The Morgan fingerprint density at radius 1 is 1.50 bits per heavy atom. The minimum Gasteiger partial charge on any atom is -0.448 e. The minimum atomic E-state index is -0.571. The highest BCUT2D eigenvalue weighted by Crippen LogP contribution is 2.11. The van der Waals surface area contributed by atoms with E-state index in [1.807, 2.05) is 13.0 Å². The van der Waals surface area contributed by atoms with Crippen LogP contribution in [0, 0.1) is 6.92 Å². The lowest BCUT2D eigenvalue weighted by Gasteiger charge is -2.02. The highest BCUT2D eigenvalue weighted by atomic mass is 16.5. The Balaban J connectivity index is 2.64. The van der Waals surface area contributed by atoms with Crippen molar-refractivity contribution in [3.05, 3.63) is 34.1 Å². The molecule has 2 aromatic rings. The predicted molar refractivity (Wildman–Crippen MR) is 59.7 cm³/mol. The lowest BCUT2D eigenvalue weighted by molar-refractivity contribution is 0.151. The number of hydrogen-bond acceptors (Lipinski definition) is 3. The Bertz CT molecular complexity index is 595. The number of carbonyl (C=O) groups excluding carboxylic acids is 1. The highest BCUT2D eigenvalue weighted by molar-refractivity contribution is 5.87. The van der Waals surface area contributed by atoms with Crippen molar-refractivity contribution in [2.45, 2.75) is 13.8 Å². The van der Waals surface area contributed by atoms with Gasteiger partial charge in [-0.2, -0.15) is 4.68 Å². The van der Waals surface area contributed by atoms with E-state index in [1.54, 1.807) is 19.1 Å². The van der Waals surface area contributed by atoms with Crippen molar-refractivity contribution in [1.82, 2.24) is 9.78 Å². The summed E-state index contributed by atoms with van der Waals surface area (Å²) in [6.45, 7) is 3.87. The number of H-pyrrole nitrogens is 1. The van der Waals surface area contributed by atoms with Gasteiger partial charge in [0.15, 0.2) is 0 Å². The maximum Gasteiger partial charge on any atom is 0.433 e. The molecule has 0 aliphatic carbocycles. The second-order valence-corrected chi connectivity index (χ2v) is 3.50. The molecule has 0 aliphatic heterocycles. The second-order valence-electron chi connectivity index (χ2n) is 3.50. The molecule has 1 aromatic heterocycles. The maximum atomic E-state index is 11.6. The van der Waals surface area contributed by atoms with Crippen molar-refractivity contribution < 1.29 is 9.53 Å². The monoisotopic (exact) mass is 220 g/mol. The number of aryl methyl sites for hydroxylation is 1. The van der Waals surface area contributed by atoms with Crippen LogP contribution in [0.2, 0.25) is 0 Å². The number of rotatable bonds is 1. The molecule has 0 bridgehead atoms. The molecule has 0 atom stereocenters. The van der Waals surface area contributed by atoms with Crippen LogP contribution in [0.3, 0.4) is 0 Å². The predicted octanol–water partition coefficient (Wildman–Crippen LogP) is 1.64. The van der Waals surface area contributed by atoms with Crippen LogP contribution in [0.25, 0.3) is 10.9 Å². The van der Waals surface area contributed by atoms with Crippen LogP contribution < -0.4 is 5.56 Å². The minimum absolute atomic E-state index is 0.270. The van der Waals surface area contributed by atoms with Gasteiger partial charge in [-0.05, 0) is 26.0 Å². The average molecular weight is 220 g/mol. The van der Waals surface area contributed by atoms with Crippen molar-refractivity contribution in [3.63, 3.8) is 0 Å². The summed E-state index contributed by atoms with van der Waals surface area (Å²) in [6, 6.07) is 5.30. The molecule has 5 heteroatoms. The molecule has 2 rings (SSSR count). The van der Waals surface area contributed by atoms with Gasteiger partial charge in [0, 0.05) is 0 Å².